The lowest BCUT2D eigenvalue weighted by molar-refractivity contribution is -0.142. The molecule has 2 rings (SSSR count). The lowest BCUT2D eigenvalue weighted by Crippen LogP contribution is -2.33. The Labute approximate surface area is 166 Å². The minimum atomic E-state index is -3.81. The summed E-state index contributed by atoms with van der Waals surface area (Å²) in [7, 11) is -2.51. The van der Waals surface area contributed by atoms with Crippen LogP contribution in [0.25, 0.3) is 0 Å². The standard InChI is InChI=1S/C21H25NO5S/c1-14-6-8-18(9-7-14)28(25,26)22(5)12-21(24)27-13-20(23)19-11-16(3)15(2)10-17(19)4/h6-11H,12-13H2,1-5H3. The first-order chi connectivity index (χ1) is 13.0. The number of hydrogen-bond acceptors (Lipinski definition) is 5. The van der Waals surface area contributed by atoms with E-state index in [1.54, 1.807) is 18.2 Å². The zero-order valence-corrected chi connectivity index (χ0v) is 17.6. The predicted molar refractivity (Wildman–Crippen MR) is 107 cm³/mol. The van der Waals surface area contributed by atoms with Gasteiger partial charge in [0.25, 0.3) is 0 Å². The van der Waals surface area contributed by atoms with Crippen molar-refractivity contribution in [3.05, 3.63) is 64.2 Å². The average molecular weight is 404 g/mol. The molecule has 0 unspecified atom stereocenters. The van der Waals surface area contributed by atoms with Gasteiger partial charge in [0.1, 0.15) is 6.54 Å². The third-order valence-corrected chi connectivity index (χ3v) is 6.40. The Morgan fingerprint density at radius 1 is 0.929 bits per heavy atom. The molecule has 6 nitrogen and oxygen atoms in total. The number of likely N-dealkylation sites (N-methyl/N-ethyl adjacent to an activating group) is 1. The molecule has 0 spiro atoms. The van der Waals surface area contributed by atoms with Gasteiger partial charge in [-0.1, -0.05) is 23.8 Å². The Kier molecular flexibility index (Phi) is 6.74. The topological polar surface area (TPSA) is 80.8 Å². The Morgan fingerprint density at radius 2 is 1.50 bits per heavy atom. The van der Waals surface area contributed by atoms with Gasteiger partial charge in [-0.2, -0.15) is 4.31 Å². The van der Waals surface area contributed by atoms with Crippen molar-refractivity contribution in [1.82, 2.24) is 4.31 Å². The third-order valence-electron chi connectivity index (χ3n) is 4.59. The number of hydrogen-bond donors (Lipinski definition) is 0. The fourth-order valence-corrected chi connectivity index (χ4v) is 3.80. The van der Waals surface area contributed by atoms with Gasteiger partial charge in [0.2, 0.25) is 15.8 Å². The van der Waals surface area contributed by atoms with Crippen molar-refractivity contribution >= 4 is 21.8 Å². The number of ketones is 1. The molecule has 0 fully saturated rings. The molecule has 0 N–H and O–H groups in total. The molecule has 0 aliphatic heterocycles. The molecule has 0 heterocycles. The van der Waals surface area contributed by atoms with Crippen LogP contribution in [0.4, 0.5) is 0 Å². The number of aryl methyl sites for hydroxylation is 4. The number of benzene rings is 2. The maximum Gasteiger partial charge on any atom is 0.321 e. The summed E-state index contributed by atoms with van der Waals surface area (Å²) in [4.78, 5) is 24.5. The summed E-state index contributed by atoms with van der Waals surface area (Å²) in [5.74, 6) is -1.11. The largest absolute Gasteiger partial charge is 0.456 e. The highest BCUT2D eigenvalue weighted by Gasteiger charge is 2.24. The molecule has 28 heavy (non-hydrogen) atoms. The molecule has 7 heteroatoms. The van der Waals surface area contributed by atoms with E-state index < -0.39 is 29.1 Å². The molecule has 150 valence electrons. The summed E-state index contributed by atoms with van der Waals surface area (Å²) >= 11 is 0. The number of nitrogens with zero attached hydrogens (tertiary/aromatic N) is 1. The quantitative estimate of drug-likeness (QED) is 0.524. The number of esters is 1. The first-order valence-corrected chi connectivity index (χ1v) is 10.3. The summed E-state index contributed by atoms with van der Waals surface area (Å²) in [5, 5.41) is 0. The molecular weight excluding hydrogens is 378 g/mol. The van der Waals surface area contributed by atoms with Crippen molar-refractivity contribution in [2.24, 2.45) is 0 Å². The van der Waals surface area contributed by atoms with Gasteiger partial charge in [-0.15, -0.1) is 0 Å². The fourth-order valence-electron chi connectivity index (χ4n) is 2.69. The maximum atomic E-state index is 12.5. The average Bonchev–Trinajstić information content (AvgIpc) is 2.63. The second-order valence-electron chi connectivity index (χ2n) is 6.91. The molecule has 2 aromatic carbocycles. The van der Waals surface area contributed by atoms with Gasteiger partial charge in [0.05, 0.1) is 4.90 Å². The molecule has 2 aromatic rings. The van der Waals surface area contributed by atoms with E-state index in [-0.39, 0.29) is 10.7 Å². The van der Waals surface area contributed by atoms with E-state index in [1.807, 2.05) is 33.8 Å². The minimum absolute atomic E-state index is 0.0928. The normalized spacial score (nSPS) is 11.5. The van der Waals surface area contributed by atoms with E-state index in [2.05, 4.69) is 0 Å². The molecule has 0 aliphatic rings. The van der Waals surface area contributed by atoms with E-state index in [0.717, 1.165) is 26.6 Å². The summed E-state index contributed by atoms with van der Waals surface area (Å²) < 4.78 is 30.9. The van der Waals surface area contributed by atoms with Crippen LogP contribution in [-0.4, -0.2) is 44.7 Å². The maximum absolute atomic E-state index is 12.5. The molecule has 0 aromatic heterocycles. The number of ether oxygens (including phenoxy) is 1. The molecule has 0 saturated carbocycles. The zero-order valence-electron chi connectivity index (χ0n) is 16.8. The molecule has 0 saturated heterocycles. The Bertz CT molecular complexity index is 994. The van der Waals surface area contributed by atoms with Gasteiger partial charge >= 0.3 is 5.97 Å². The number of Topliss-reactive ketones (excluding diaryl/α,β-unsaturated/α-hetero) is 1. The highest BCUT2D eigenvalue weighted by Crippen LogP contribution is 2.17. The van der Waals surface area contributed by atoms with Crippen molar-refractivity contribution in [3.8, 4) is 0 Å². The van der Waals surface area contributed by atoms with Crippen LogP contribution >= 0.6 is 0 Å². The highest BCUT2D eigenvalue weighted by molar-refractivity contribution is 7.89. The van der Waals surface area contributed by atoms with Gasteiger partial charge in [-0.05, 0) is 62.6 Å². The van der Waals surface area contributed by atoms with Crippen molar-refractivity contribution in [1.29, 1.82) is 0 Å². The summed E-state index contributed by atoms with van der Waals surface area (Å²) in [6, 6.07) is 10.0. The Morgan fingerprint density at radius 3 is 2.11 bits per heavy atom. The van der Waals surface area contributed by atoms with E-state index >= 15 is 0 Å². The third kappa shape index (κ3) is 5.05. The van der Waals surface area contributed by atoms with Crippen LogP contribution in [0.2, 0.25) is 0 Å². The highest BCUT2D eigenvalue weighted by atomic mass is 32.2. The van der Waals surface area contributed by atoms with Crippen molar-refractivity contribution in [3.63, 3.8) is 0 Å². The van der Waals surface area contributed by atoms with Gasteiger partial charge in [0.15, 0.2) is 6.61 Å². The second-order valence-corrected chi connectivity index (χ2v) is 8.95. The van der Waals surface area contributed by atoms with Crippen molar-refractivity contribution in [2.45, 2.75) is 32.6 Å². The lowest BCUT2D eigenvalue weighted by Gasteiger charge is -2.16. The second kappa shape index (κ2) is 8.67. The Balaban J connectivity index is 1.99. The predicted octanol–water partition coefficient (Wildman–Crippen LogP) is 2.97. The monoisotopic (exact) mass is 403 g/mol. The fraction of sp³-hybridized carbons (Fsp3) is 0.333. The summed E-state index contributed by atoms with van der Waals surface area (Å²) in [5.41, 5.74) is 4.29. The number of carbonyl (C=O) groups is 2. The minimum Gasteiger partial charge on any atom is -0.456 e. The molecule has 0 aliphatic carbocycles. The van der Waals surface area contributed by atoms with Crippen molar-refractivity contribution in [2.75, 3.05) is 20.2 Å². The molecule has 0 radical (unpaired) electrons. The van der Waals surface area contributed by atoms with E-state index in [0.29, 0.717) is 5.56 Å². The SMILES string of the molecule is Cc1ccc(S(=O)(=O)N(C)CC(=O)OCC(=O)c2cc(C)c(C)cc2C)cc1. The smallest absolute Gasteiger partial charge is 0.321 e. The molecule has 0 amide bonds. The van der Waals surface area contributed by atoms with Gasteiger partial charge < -0.3 is 4.74 Å². The van der Waals surface area contributed by atoms with Crippen LogP contribution in [0.3, 0.4) is 0 Å². The van der Waals surface area contributed by atoms with Gasteiger partial charge in [-0.25, -0.2) is 8.42 Å². The van der Waals surface area contributed by atoms with Crippen LogP contribution in [0.5, 0.6) is 0 Å². The van der Waals surface area contributed by atoms with Gasteiger partial charge in [-0.3, -0.25) is 9.59 Å². The summed E-state index contributed by atoms with van der Waals surface area (Å²) in [6.45, 7) is 6.63. The molecule has 0 bridgehead atoms. The van der Waals surface area contributed by atoms with Crippen LogP contribution in [-0.2, 0) is 19.6 Å². The van der Waals surface area contributed by atoms with E-state index in [4.69, 9.17) is 4.74 Å². The lowest BCUT2D eigenvalue weighted by atomic mass is 9.98. The van der Waals surface area contributed by atoms with Gasteiger partial charge in [0, 0.05) is 12.6 Å². The van der Waals surface area contributed by atoms with E-state index in [9.17, 15) is 18.0 Å². The molecular formula is C21H25NO5S. The van der Waals surface area contributed by atoms with Crippen LogP contribution in [0, 0.1) is 27.7 Å². The Hall–Kier alpha value is -2.51. The van der Waals surface area contributed by atoms with E-state index in [1.165, 1.54) is 19.2 Å². The van der Waals surface area contributed by atoms with Crippen LogP contribution in [0.1, 0.15) is 32.6 Å². The van der Waals surface area contributed by atoms with Crippen molar-refractivity contribution < 1.29 is 22.7 Å². The number of sulfonamides is 1. The first-order valence-electron chi connectivity index (χ1n) is 8.82. The van der Waals surface area contributed by atoms with Crippen LogP contribution in [0.15, 0.2) is 41.3 Å². The summed E-state index contributed by atoms with van der Waals surface area (Å²) in [6.07, 6.45) is 0. The molecule has 0 atom stereocenters. The van der Waals surface area contributed by atoms with Crippen LogP contribution < -0.4 is 0 Å². The number of rotatable bonds is 7. The zero-order chi connectivity index (χ0) is 21.1. The first kappa shape index (κ1) is 21.8. The number of carbonyl (C=O) groups excluding carboxylic acids is 2.